The summed E-state index contributed by atoms with van der Waals surface area (Å²) in [6.07, 6.45) is 0. The lowest BCUT2D eigenvalue weighted by molar-refractivity contribution is -0.119. The molecule has 0 saturated heterocycles. The molecule has 124 valence electrons. The highest BCUT2D eigenvalue weighted by atomic mass is 35.5. The highest BCUT2D eigenvalue weighted by molar-refractivity contribution is 7.94. The van der Waals surface area contributed by atoms with Crippen molar-refractivity contribution in [2.45, 2.75) is 17.7 Å². The minimum Gasteiger partial charge on any atom is -0.495 e. The number of carbonyl (C=O) groups is 1. The standard InChI is InChI=1S/C14H15ClN2O4S2/c1-9(18)16-8-11-4-6-14(22-11)23(19,20)17-10-3-5-13(21-2)12(15)7-10/h3-7,17H,8H2,1-2H3,(H,16,18). The van der Waals surface area contributed by atoms with Gasteiger partial charge < -0.3 is 10.1 Å². The lowest BCUT2D eigenvalue weighted by Gasteiger charge is -2.08. The van der Waals surface area contributed by atoms with Crippen molar-refractivity contribution in [3.63, 3.8) is 0 Å². The smallest absolute Gasteiger partial charge is 0.271 e. The summed E-state index contributed by atoms with van der Waals surface area (Å²) in [4.78, 5) is 11.6. The van der Waals surface area contributed by atoms with Gasteiger partial charge in [-0.3, -0.25) is 9.52 Å². The van der Waals surface area contributed by atoms with Crippen LogP contribution >= 0.6 is 22.9 Å². The summed E-state index contributed by atoms with van der Waals surface area (Å²) in [5.74, 6) is 0.289. The van der Waals surface area contributed by atoms with Crippen molar-refractivity contribution >= 4 is 44.6 Å². The van der Waals surface area contributed by atoms with Crippen LogP contribution in [0, 0.1) is 0 Å². The number of thiophene rings is 1. The molecule has 1 amide bonds. The molecule has 2 N–H and O–H groups in total. The molecule has 23 heavy (non-hydrogen) atoms. The van der Waals surface area contributed by atoms with Gasteiger partial charge >= 0.3 is 0 Å². The lowest BCUT2D eigenvalue weighted by atomic mass is 10.3. The Bertz CT molecular complexity index is 818. The van der Waals surface area contributed by atoms with E-state index in [1.165, 1.54) is 26.2 Å². The van der Waals surface area contributed by atoms with Crippen LogP contribution in [-0.4, -0.2) is 21.4 Å². The maximum absolute atomic E-state index is 12.4. The first-order valence-corrected chi connectivity index (χ1v) is 9.19. The second-order valence-electron chi connectivity index (χ2n) is 4.59. The van der Waals surface area contributed by atoms with Crippen LogP contribution in [0.5, 0.6) is 5.75 Å². The van der Waals surface area contributed by atoms with Crippen LogP contribution in [0.1, 0.15) is 11.8 Å². The summed E-state index contributed by atoms with van der Waals surface area (Å²) in [7, 11) is -2.23. The molecule has 2 aromatic rings. The molecule has 1 aromatic heterocycles. The van der Waals surface area contributed by atoms with E-state index in [4.69, 9.17) is 16.3 Å². The Morgan fingerprint density at radius 2 is 2.04 bits per heavy atom. The molecule has 6 nitrogen and oxygen atoms in total. The SMILES string of the molecule is COc1ccc(NS(=O)(=O)c2ccc(CNC(C)=O)s2)cc1Cl. The summed E-state index contributed by atoms with van der Waals surface area (Å²) < 4.78 is 32.4. The second-order valence-corrected chi connectivity index (χ2v) is 8.07. The normalized spacial score (nSPS) is 11.1. The molecular weight excluding hydrogens is 360 g/mol. The van der Waals surface area contributed by atoms with Crippen LogP contribution in [0.25, 0.3) is 0 Å². The number of hydrogen-bond donors (Lipinski definition) is 2. The minimum absolute atomic E-state index is 0.157. The second kappa shape index (κ2) is 7.20. The van der Waals surface area contributed by atoms with Crippen LogP contribution in [-0.2, 0) is 21.4 Å². The number of carbonyl (C=O) groups excluding carboxylic acids is 1. The molecule has 2 rings (SSSR count). The molecule has 0 bridgehead atoms. The van der Waals surface area contributed by atoms with Crippen molar-refractivity contribution in [1.29, 1.82) is 0 Å². The summed E-state index contributed by atoms with van der Waals surface area (Å²) in [5, 5.41) is 2.93. The first-order chi connectivity index (χ1) is 10.8. The number of ether oxygens (including phenoxy) is 1. The fourth-order valence-electron chi connectivity index (χ4n) is 1.74. The van der Waals surface area contributed by atoms with Gasteiger partial charge in [-0.2, -0.15) is 0 Å². The van der Waals surface area contributed by atoms with Crippen LogP contribution in [0.3, 0.4) is 0 Å². The highest BCUT2D eigenvalue weighted by Crippen LogP contribution is 2.29. The Hall–Kier alpha value is -1.77. The molecule has 0 fully saturated rings. The molecule has 1 heterocycles. The largest absolute Gasteiger partial charge is 0.495 e. The van der Waals surface area contributed by atoms with Crippen molar-refractivity contribution in [1.82, 2.24) is 5.32 Å². The molecular formula is C14H15ClN2O4S2. The third-order valence-electron chi connectivity index (χ3n) is 2.82. The third kappa shape index (κ3) is 4.60. The number of anilines is 1. The summed E-state index contributed by atoms with van der Waals surface area (Å²) in [6.45, 7) is 1.70. The molecule has 0 aliphatic rings. The quantitative estimate of drug-likeness (QED) is 0.814. The number of sulfonamides is 1. The van der Waals surface area contributed by atoms with Crippen molar-refractivity contribution in [2.75, 3.05) is 11.8 Å². The van der Waals surface area contributed by atoms with Crippen molar-refractivity contribution in [3.05, 3.63) is 40.2 Å². The summed E-state index contributed by atoms with van der Waals surface area (Å²) in [6, 6.07) is 7.78. The molecule has 1 aromatic carbocycles. The van der Waals surface area contributed by atoms with Crippen LogP contribution < -0.4 is 14.8 Å². The predicted molar refractivity (Wildman–Crippen MR) is 90.7 cm³/mol. The molecule has 0 saturated carbocycles. The van der Waals surface area contributed by atoms with Gasteiger partial charge in [-0.25, -0.2) is 8.42 Å². The van der Waals surface area contributed by atoms with E-state index in [2.05, 4.69) is 10.0 Å². The van der Waals surface area contributed by atoms with Gasteiger partial charge in [0.25, 0.3) is 10.0 Å². The molecule has 0 aliphatic heterocycles. The van der Waals surface area contributed by atoms with E-state index in [0.29, 0.717) is 23.0 Å². The minimum atomic E-state index is -3.71. The van der Waals surface area contributed by atoms with E-state index >= 15 is 0 Å². The number of benzene rings is 1. The first kappa shape index (κ1) is 17.6. The zero-order valence-electron chi connectivity index (χ0n) is 12.4. The van der Waals surface area contributed by atoms with E-state index in [0.717, 1.165) is 16.2 Å². The number of amides is 1. The predicted octanol–water partition coefficient (Wildman–Crippen LogP) is 2.85. The van der Waals surface area contributed by atoms with Gasteiger partial charge in [0.05, 0.1) is 24.4 Å². The Kier molecular flexibility index (Phi) is 5.51. The van der Waals surface area contributed by atoms with E-state index in [1.54, 1.807) is 18.2 Å². The van der Waals surface area contributed by atoms with Gasteiger partial charge in [0.15, 0.2) is 0 Å². The van der Waals surface area contributed by atoms with Crippen molar-refractivity contribution in [3.8, 4) is 5.75 Å². The number of methoxy groups -OCH3 is 1. The summed E-state index contributed by atoms with van der Waals surface area (Å²) in [5.41, 5.74) is 0.340. The van der Waals surface area contributed by atoms with Crippen molar-refractivity contribution < 1.29 is 17.9 Å². The maximum atomic E-state index is 12.4. The van der Waals surface area contributed by atoms with Crippen molar-refractivity contribution in [2.24, 2.45) is 0 Å². The zero-order valence-corrected chi connectivity index (χ0v) is 14.8. The zero-order chi connectivity index (χ0) is 17.0. The highest BCUT2D eigenvalue weighted by Gasteiger charge is 2.17. The van der Waals surface area contributed by atoms with Gasteiger partial charge in [0, 0.05) is 11.8 Å². The summed E-state index contributed by atoms with van der Waals surface area (Å²) >= 11 is 7.07. The van der Waals surface area contributed by atoms with Gasteiger partial charge in [0.1, 0.15) is 9.96 Å². The number of hydrogen-bond acceptors (Lipinski definition) is 5. The van der Waals surface area contributed by atoms with E-state index in [9.17, 15) is 13.2 Å². The monoisotopic (exact) mass is 374 g/mol. The fourth-order valence-corrected chi connectivity index (χ4v) is 4.35. The van der Waals surface area contributed by atoms with Gasteiger partial charge in [-0.15, -0.1) is 11.3 Å². The topological polar surface area (TPSA) is 84.5 Å². The number of rotatable bonds is 6. The van der Waals surface area contributed by atoms with E-state index in [-0.39, 0.29) is 10.1 Å². The number of nitrogens with one attached hydrogen (secondary N) is 2. The van der Waals surface area contributed by atoms with Crippen LogP contribution in [0.2, 0.25) is 5.02 Å². The Morgan fingerprint density at radius 3 is 2.65 bits per heavy atom. The molecule has 0 radical (unpaired) electrons. The van der Waals surface area contributed by atoms with Gasteiger partial charge in [0.2, 0.25) is 5.91 Å². The van der Waals surface area contributed by atoms with Crippen LogP contribution in [0.15, 0.2) is 34.5 Å². The Morgan fingerprint density at radius 1 is 1.30 bits per heavy atom. The van der Waals surface area contributed by atoms with E-state index in [1.807, 2.05) is 0 Å². The fraction of sp³-hybridized carbons (Fsp3) is 0.214. The Balaban J connectivity index is 2.15. The van der Waals surface area contributed by atoms with Gasteiger partial charge in [-0.05, 0) is 30.3 Å². The third-order valence-corrected chi connectivity index (χ3v) is 6.07. The maximum Gasteiger partial charge on any atom is 0.271 e. The average Bonchev–Trinajstić information content (AvgIpc) is 2.94. The average molecular weight is 375 g/mol. The first-order valence-electron chi connectivity index (χ1n) is 6.51. The van der Waals surface area contributed by atoms with E-state index < -0.39 is 10.0 Å². The van der Waals surface area contributed by atoms with Crippen LogP contribution in [0.4, 0.5) is 5.69 Å². The Labute approximate surface area is 143 Å². The molecule has 9 heteroatoms. The van der Waals surface area contributed by atoms with Gasteiger partial charge in [-0.1, -0.05) is 11.6 Å². The number of halogens is 1. The molecule has 0 atom stereocenters. The molecule has 0 spiro atoms. The molecule has 0 unspecified atom stereocenters. The molecule has 0 aliphatic carbocycles. The lowest BCUT2D eigenvalue weighted by Crippen LogP contribution is -2.18.